The highest BCUT2D eigenvalue weighted by Crippen LogP contribution is 2.25. The molecule has 0 saturated heterocycles. The molecular formula is C21H24N6OS. The fourth-order valence-corrected chi connectivity index (χ4v) is 3.66. The second kappa shape index (κ2) is 7.79. The summed E-state index contributed by atoms with van der Waals surface area (Å²) >= 11 is 1.48. The topological polar surface area (TPSA) is 94.6 Å². The quantitative estimate of drug-likeness (QED) is 0.369. The van der Waals surface area contributed by atoms with Crippen molar-refractivity contribution in [1.82, 2.24) is 24.8 Å². The van der Waals surface area contributed by atoms with Gasteiger partial charge in [-0.25, -0.2) is 9.66 Å². The summed E-state index contributed by atoms with van der Waals surface area (Å²) in [4.78, 5) is 7.86. The number of aromatic amines is 1. The van der Waals surface area contributed by atoms with Crippen LogP contribution in [0.4, 0.5) is 0 Å². The van der Waals surface area contributed by atoms with Gasteiger partial charge in [0.25, 0.3) is 0 Å². The molecule has 0 spiro atoms. The minimum absolute atomic E-state index is 0.113. The normalized spacial score (nSPS) is 11.8. The van der Waals surface area contributed by atoms with E-state index in [1.54, 1.807) is 0 Å². The lowest BCUT2D eigenvalue weighted by molar-refractivity contribution is 0.291. The maximum atomic E-state index is 6.15. The predicted octanol–water partition coefficient (Wildman–Crippen LogP) is 4.04. The standard InChI is InChI=1S/C21H24N6OS/c1-21(2,3)14-8-10-15(11-9-14)28-12-19-25-26-20(27(19)22)29-13-18-23-16-6-4-5-7-17(16)24-18/h4-11H,12-13,22H2,1-3H3,(H,23,24). The van der Waals surface area contributed by atoms with Crippen LogP contribution in [0.15, 0.2) is 53.7 Å². The lowest BCUT2D eigenvalue weighted by atomic mass is 9.87. The third-order valence-corrected chi connectivity index (χ3v) is 5.55. The minimum Gasteiger partial charge on any atom is -0.486 e. The maximum Gasteiger partial charge on any atom is 0.210 e. The van der Waals surface area contributed by atoms with Gasteiger partial charge in [0.05, 0.1) is 16.8 Å². The largest absolute Gasteiger partial charge is 0.486 e. The van der Waals surface area contributed by atoms with Crippen molar-refractivity contribution in [2.75, 3.05) is 5.84 Å². The van der Waals surface area contributed by atoms with Crippen LogP contribution in [0.25, 0.3) is 11.0 Å². The Morgan fingerprint density at radius 2 is 1.83 bits per heavy atom. The molecule has 29 heavy (non-hydrogen) atoms. The fourth-order valence-electron chi connectivity index (χ4n) is 2.91. The zero-order valence-corrected chi connectivity index (χ0v) is 17.5. The Hall–Kier alpha value is -3.00. The summed E-state index contributed by atoms with van der Waals surface area (Å²) in [5.41, 5.74) is 3.34. The van der Waals surface area contributed by atoms with E-state index in [1.165, 1.54) is 22.0 Å². The molecule has 0 aliphatic rings. The third kappa shape index (κ3) is 4.37. The van der Waals surface area contributed by atoms with Crippen molar-refractivity contribution in [3.05, 3.63) is 65.7 Å². The molecule has 7 nitrogen and oxygen atoms in total. The molecule has 3 N–H and O–H groups in total. The van der Waals surface area contributed by atoms with Gasteiger partial charge in [-0.1, -0.05) is 56.8 Å². The Bertz CT molecular complexity index is 1080. The number of nitrogens with zero attached hydrogens (tertiary/aromatic N) is 4. The minimum atomic E-state index is 0.113. The molecule has 2 aromatic carbocycles. The van der Waals surface area contributed by atoms with E-state index in [2.05, 4.69) is 53.1 Å². The first-order valence-corrected chi connectivity index (χ1v) is 10.4. The summed E-state index contributed by atoms with van der Waals surface area (Å²) in [5, 5.41) is 8.94. The number of aromatic nitrogens is 5. The number of nitrogens with two attached hydrogens (primary N) is 1. The average Bonchev–Trinajstić information content (AvgIpc) is 3.27. The summed E-state index contributed by atoms with van der Waals surface area (Å²) in [7, 11) is 0. The molecule has 0 bridgehead atoms. The lowest BCUT2D eigenvalue weighted by Crippen LogP contribution is -2.16. The van der Waals surface area contributed by atoms with Crippen LogP contribution in [0, 0.1) is 0 Å². The lowest BCUT2D eigenvalue weighted by Gasteiger charge is -2.19. The average molecular weight is 409 g/mol. The summed E-state index contributed by atoms with van der Waals surface area (Å²) in [6, 6.07) is 16.0. The number of fused-ring (bicyclic) bond motifs is 1. The third-order valence-electron chi connectivity index (χ3n) is 4.60. The monoisotopic (exact) mass is 408 g/mol. The van der Waals surface area contributed by atoms with Crippen molar-refractivity contribution in [3.8, 4) is 5.75 Å². The van der Waals surface area contributed by atoms with Crippen molar-refractivity contribution in [3.63, 3.8) is 0 Å². The molecule has 0 fully saturated rings. The molecule has 0 radical (unpaired) electrons. The number of nitrogen functional groups attached to an aromatic ring is 1. The summed E-state index contributed by atoms with van der Waals surface area (Å²) in [5.74, 6) is 8.99. The van der Waals surface area contributed by atoms with E-state index < -0.39 is 0 Å². The van der Waals surface area contributed by atoms with E-state index in [0.717, 1.165) is 22.6 Å². The first kappa shape index (κ1) is 19.3. The molecule has 0 aliphatic heterocycles. The zero-order chi connectivity index (χ0) is 20.4. The number of benzene rings is 2. The van der Waals surface area contributed by atoms with Crippen LogP contribution in [-0.2, 0) is 17.8 Å². The summed E-state index contributed by atoms with van der Waals surface area (Å²) in [6.07, 6.45) is 0. The van der Waals surface area contributed by atoms with Crippen LogP contribution in [0.1, 0.15) is 38.0 Å². The van der Waals surface area contributed by atoms with Crippen LogP contribution in [0.2, 0.25) is 0 Å². The maximum absolute atomic E-state index is 6.15. The van der Waals surface area contributed by atoms with Gasteiger partial charge in [0, 0.05) is 0 Å². The number of para-hydroxylation sites is 2. The van der Waals surface area contributed by atoms with Gasteiger partial charge >= 0.3 is 0 Å². The molecule has 150 valence electrons. The van der Waals surface area contributed by atoms with Gasteiger partial charge in [0.1, 0.15) is 18.2 Å². The van der Waals surface area contributed by atoms with Gasteiger partial charge in [0.2, 0.25) is 5.16 Å². The van der Waals surface area contributed by atoms with Crippen molar-refractivity contribution >= 4 is 22.8 Å². The Morgan fingerprint density at radius 3 is 2.55 bits per heavy atom. The number of ether oxygens (including phenoxy) is 1. The first-order valence-electron chi connectivity index (χ1n) is 9.39. The van der Waals surface area contributed by atoms with Gasteiger partial charge < -0.3 is 15.6 Å². The van der Waals surface area contributed by atoms with Gasteiger partial charge in [-0.3, -0.25) is 0 Å². The summed E-state index contributed by atoms with van der Waals surface area (Å²) in [6.45, 7) is 6.81. The van der Waals surface area contributed by atoms with Crippen molar-refractivity contribution in [1.29, 1.82) is 0 Å². The smallest absolute Gasteiger partial charge is 0.210 e. The Labute approximate surface area is 173 Å². The Morgan fingerprint density at radius 1 is 1.07 bits per heavy atom. The molecule has 0 unspecified atom stereocenters. The molecule has 0 atom stereocenters. The number of H-pyrrole nitrogens is 1. The molecule has 2 aromatic heterocycles. The highest BCUT2D eigenvalue weighted by Gasteiger charge is 2.14. The van der Waals surface area contributed by atoms with Gasteiger partial charge in [-0.2, -0.15) is 0 Å². The predicted molar refractivity (Wildman–Crippen MR) is 115 cm³/mol. The first-order chi connectivity index (χ1) is 13.9. The number of hydrogen-bond acceptors (Lipinski definition) is 6. The van der Waals surface area contributed by atoms with E-state index in [-0.39, 0.29) is 12.0 Å². The van der Waals surface area contributed by atoms with Crippen LogP contribution in [0.5, 0.6) is 5.75 Å². The van der Waals surface area contributed by atoms with Crippen molar-refractivity contribution < 1.29 is 4.74 Å². The molecule has 4 rings (SSSR count). The van der Waals surface area contributed by atoms with Gasteiger partial charge in [-0.15, -0.1) is 10.2 Å². The van der Waals surface area contributed by atoms with E-state index in [1.807, 2.05) is 36.4 Å². The van der Waals surface area contributed by atoms with E-state index in [4.69, 9.17) is 10.6 Å². The van der Waals surface area contributed by atoms with E-state index in [9.17, 15) is 0 Å². The number of nitrogens with one attached hydrogen (secondary N) is 1. The van der Waals surface area contributed by atoms with E-state index >= 15 is 0 Å². The number of hydrogen-bond donors (Lipinski definition) is 2. The van der Waals surface area contributed by atoms with Crippen LogP contribution in [0.3, 0.4) is 0 Å². The molecule has 8 heteroatoms. The number of thioether (sulfide) groups is 1. The SMILES string of the molecule is CC(C)(C)c1ccc(OCc2nnc(SCc3nc4ccccc4[nH]3)n2N)cc1. The van der Waals surface area contributed by atoms with Crippen LogP contribution >= 0.6 is 11.8 Å². The molecule has 0 aliphatic carbocycles. The van der Waals surface area contributed by atoms with Crippen molar-refractivity contribution in [2.45, 2.75) is 43.7 Å². The Kier molecular flexibility index (Phi) is 5.19. The van der Waals surface area contributed by atoms with Crippen LogP contribution < -0.4 is 10.6 Å². The zero-order valence-electron chi connectivity index (χ0n) is 16.7. The molecule has 2 heterocycles. The highest BCUT2D eigenvalue weighted by molar-refractivity contribution is 7.98. The second-order valence-corrected chi connectivity index (χ2v) is 8.76. The van der Waals surface area contributed by atoms with Crippen molar-refractivity contribution in [2.24, 2.45) is 0 Å². The molecule has 0 amide bonds. The number of imidazole rings is 1. The second-order valence-electron chi connectivity index (χ2n) is 7.82. The summed E-state index contributed by atoms with van der Waals surface area (Å²) < 4.78 is 7.29. The highest BCUT2D eigenvalue weighted by atomic mass is 32.2. The number of rotatable bonds is 6. The van der Waals surface area contributed by atoms with Gasteiger partial charge in [-0.05, 0) is 35.2 Å². The fraction of sp³-hybridized carbons (Fsp3) is 0.286. The Balaban J connectivity index is 1.36. The molecular weight excluding hydrogens is 384 g/mol. The molecule has 4 aromatic rings. The van der Waals surface area contributed by atoms with E-state index in [0.29, 0.717) is 16.7 Å². The molecule has 0 saturated carbocycles. The van der Waals surface area contributed by atoms with Gasteiger partial charge in [0.15, 0.2) is 5.82 Å². The van der Waals surface area contributed by atoms with Crippen LogP contribution in [-0.4, -0.2) is 24.8 Å².